The van der Waals surface area contributed by atoms with Crippen molar-refractivity contribution in [2.75, 3.05) is 25.0 Å². The van der Waals surface area contributed by atoms with Gasteiger partial charge in [0, 0.05) is 39.8 Å². The number of benzene rings is 2. The van der Waals surface area contributed by atoms with E-state index in [1.807, 2.05) is 4.90 Å². The maximum absolute atomic E-state index is 13.3. The van der Waals surface area contributed by atoms with Gasteiger partial charge in [0.2, 0.25) is 0 Å². The number of carbonyl (C=O) groups is 1. The van der Waals surface area contributed by atoms with Gasteiger partial charge in [0.1, 0.15) is 0 Å². The van der Waals surface area contributed by atoms with Gasteiger partial charge in [0.25, 0.3) is 5.91 Å². The van der Waals surface area contributed by atoms with Crippen molar-refractivity contribution in [2.45, 2.75) is 25.3 Å². The van der Waals surface area contributed by atoms with Crippen LogP contribution in [0.1, 0.15) is 33.8 Å². The molecule has 0 N–H and O–H groups in total. The maximum Gasteiger partial charge on any atom is 0.258 e. The summed E-state index contributed by atoms with van der Waals surface area (Å²) in [4.78, 5) is 17.6. The summed E-state index contributed by atoms with van der Waals surface area (Å²) in [5, 5.41) is 0.971. The maximum atomic E-state index is 13.3. The van der Waals surface area contributed by atoms with Crippen LogP contribution in [-0.2, 0) is 0 Å². The molecule has 3 nitrogen and oxygen atoms in total. The smallest absolute Gasteiger partial charge is 0.258 e. The second-order valence-corrected chi connectivity index (χ2v) is 7.99. The van der Waals surface area contributed by atoms with Crippen LogP contribution in [0.4, 0.5) is 5.69 Å². The van der Waals surface area contributed by atoms with Gasteiger partial charge in [-0.3, -0.25) is 4.79 Å². The van der Waals surface area contributed by atoms with Crippen LogP contribution < -0.4 is 4.90 Å². The standard InChI is InChI=1S/C20H20Cl2N2O/c1-12-3-4-18-16(7-12)17-11-23(2)6-5-19(17)24(18)20(25)13-8-14(21)10-15(22)9-13/h3-4,7-10,17,19H,5-6,11H2,1-2H3/t17-,19+/m1/s1. The van der Waals surface area contributed by atoms with Gasteiger partial charge < -0.3 is 9.80 Å². The Labute approximate surface area is 158 Å². The predicted octanol–water partition coefficient (Wildman–Crippen LogP) is 4.75. The SMILES string of the molecule is Cc1ccc2c(c1)[C@H]1CN(C)CC[C@@H]1N2C(=O)c1cc(Cl)cc(Cl)c1. The lowest BCUT2D eigenvalue weighted by Crippen LogP contribution is -2.47. The van der Waals surface area contributed by atoms with Gasteiger partial charge in [-0.2, -0.15) is 0 Å². The summed E-state index contributed by atoms with van der Waals surface area (Å²) in [7, 11) is 2.15. The van der Waals surface area contributed by atoms with Gasteiger partial charge in [-0.25, -0.2) is 0 Å². The highest BCUT2D eigenvalue weighted by atomic mass is 35.5. The van der Waals surface area contributed by atoms with Gasteiger partial charge in [-0.15, -0.1) is 0 Å². The molecule has 0 radical (unpaired) electrons. The Morgan fingerprint density at radius 2 is 1.84 bits per heavy atom. The zero-order valence-corrected chi connectivity index (χ0v) is 15.8. The van der Waals surface area contributed by atoms with Crippen LogP contribution in [-0.4, -0.2) is 37.0 Å². The first-order valence-corrected chi connectivity index (χ1v) is 9.28. The molecule has 2 aromatic carbocycles. The van der Waals surface area contributed by atoms with E-state index >= 15 is 0 Å². The van der Waals surface area contributed by atoms with E-state index in [0.29, 0.717) is 21.5 Å². The lowest BCUT2D eigenvalue weighted by atomic mass is 9.88. The Balaban J connectivity index is 1.79. The molecular formula is C20H20Cl2N2O. The lowest BCUT2D eigenvalue weighted by molar-refractivity contribution is 0.0964. The molecule has 4 rings (SSSR count). The highest BCUT2D eigenvalue weighted by molar-refractivity contribution is 6.35. The Bertz CT molecular complexity index is 831. The van der Waals surface area contributed by atoms with Crippen molar-refractivity contribution < 1.29 is 4.79 Å². The number of likely N-dealkylation sites (tertiary alicyclic amines) is 1. The van der Waals surface area contributed by atoms with Gasteiger partial charge in [-0.1, -0.05) is 40.9 Å². The minimum atomic E-state index is -0.0217. The second kappa shape index (κ2) is 6.31. The first-order valence-electron chi connectivity index (χ1n) is 8.53. The van der Waals surface area contributed by atoms with Gasteiger partial charge in [-0.05, 0) is 56.8 Å². The number of amides is 1. The molecule has 2 aromatic rings. The highest BCUT2D eigenvalue weighted by Gasteiger charge is 2.44. The number of anilines is 1. The van der Waals surface area contributed by atoms with E-state index in [-0.39, 0.29) is 11.9 Å². The van der Waals surface area contributed by atoms with E-state index in [2.05, 4.69) is 37.1 Å². The molecule has 5 heteroatoms. The number of rotatable bonds is 1. The molecule has 1 saturated heterocycles. The first kappa shape index (κ1) is 16.9. The molecule has 0 bridgehead atoms. The fourth-order valence-electron chi connectivity index (χ4n) is 4.16. The van der Waals surface area contributed by atoms with E-state index in [1.165, 1.54) is 11.1 Å². The zero-order valence-electron chi connectivity index (χ0n) is 14.3. The third-order valence-electron chi connectivity index (χ3n) is 5.28. The van der Waals surface area contributed by atoms with E-state index in [1.54, 1.807) is 18.2 Å². The van der Waals surface area contributed by atoms with E-state index in [0.717, 1.165) is 25.2 Å². The third-order valence-corrected chi connectivity index (χ3v) is 5.72. The number of aryl methyl sites for hydroxylation is 1. The summed E-state index contributed by atoms with van der Waals surface area (Å²) < 4.78 is 0. The van der Waals surface area contributed by atoms with Crippen molar-refractivity contribution in [2.24, 2.45) is 0 Å². The molecule has 0 aromatic heterocycles. The van der Waals surface area contributed by atoms with Crippen molar-refractivity contribution in [1.29, 1.82) is 0 Å². The van der Waals surface area contributed by atoms with Crippen LogP contribution in [0.2, 0.25) is 10.0 Å². The monoisotopic (exact) mass is 374 g/mol. The van der Waals surface area contributed by atoms with Crippen LogP contribution in [0, 0.1) is 6.92 Å². The molecule has 1 amide bonds. The Kier molecular flexibility index (Phi) is 4.27. The second-order valence-electron chi connectivity index (χ2n) is 7.12. The molecule has 2 aliphatic heterocycles. The zero-order chi connectivity index (χ0) is 17.7. The van der Waals surface area contributed by atoms with E-state index in [4.69, 9.17) is 23.2 Å². The third kappa shape index (κ3) is 2.95. The van der Waals surface area contributed by atoms with Crippen molar-refractivity contribution in [1.82, 2.24) is 4.90 Å². The lowest BCUT2D eigenvalue weighted by Gasteiger charge is -2.36. The summed E-state index contributed by atoms with van der Waals surface area (Å²) in [6, 6.07) is 11.6. The first-order chi connectivity index (χ1) is 11.9. The minimum Gasteiger partial charge on any atom is -0.306 e. The fraction of sp³-hybridized carbons (Fsp3) is 0.350. The number of fused-ring (bicyclic) bond motifs is 3. The quantitative estimate of drug-likeness (QED) is 0.718. The van der Waals surface area contributed by atoms with Gasteiger partial charge in [0.15, 0.2) is 0 Å². The topological polar surface area (TPSA) is 23.6 Å². The Hall–Kier alpha value is -1.55. The molecular weight excluding hydrogens is 355 g/mol. The average molecular weight is 375 g/mol. The van der Waals surface area contributed by atoms with Crippen LogP contribution in [0.3, 0.4) is 0 Å². The normalized spacial score (nSPS) is 22.6. The fourth-order valence-corrected chi connectivity index (χ4v) is 4.69. The molecule has 130 valence electrons. The molecule has 1 fully saturated rings. The van der Waals surface area contributed by atoms with Crippen LogP contribution in [0.25, 0.3) is 0 Å². The summed E-state index contributed by atoms with van der Waals surface area (Å²) in [6.07, 6.45) is 0.967. The molecule has 2 atom stereocenters. The van der Waals surface area contributed by atoms with Crippen LogP contribution in [0.5, 0.6) is 0 Å². The predicted molar refractivity (Wildman–Crippen MR) is 103 cm³/mol. The molecule has 0 unspecified atom stereocenters. The number of likely N-dealkylation sites (N-methyl/N-ethyl adjacent to an activating group) is 1. The van der Waals surface area contributed by atoms with Crippen molar-refractivity contribution in [3.8, 4) is 0 Å². The number of hydrogen-bond acceptors (Lipinski definition) is 2. The molecule has 0 spiro atoms. The van der Waals surface area contributed by atoms with Crippen molar-refractivity contribution in [3.05, 3.63) is 63.1 Å². The summed E-state index contributed by atoms with van der Waals surface area (Å²) >= 11 is 12.2. The number of halogens is 2. The Morgan fingerprint density at radius 1 is 1.12 bits per heavy atom. The number of nitrogens with zero attached hydrogens (tertiary/aromatic N) is 2. The van der Waals surface area contributed by atoms with Crippen LogP contribution in [0.15, 0.2) is 36.4 Å². The van der Waals surface area contributed by atoms with E-state index in [9.17, 15) is 4.79 Å². The molecule has 2 heterocycles. The molecule has 0 aliphatic carbocycles. The van der Waals surface area contributed by atoms with Crippen LogP contribution >= 0.6 is 23.2 Å². The number of hydrogen-bond donors (Lipinski definition) is 0. The summed E-state index contributed by atoms with van der Waals surface area (Å²) in [5.74, 6) is 0.332. The summed E-state index contributed by atoms with van der Waals surface area (Å²) in [5.41, 5.74) is 4.07. The molecule has 0 saturated carbocycles. The van der Waals surface area contributed by atoms with Gasteiger partial charge >= 0.3 is 0 Å². The van der Waals surface area contributed by atoms with Crippen molar-refractivity contribution in [3.63, 3.8) is 0 Å². The number of carbonyl (C=O) groups excluding carboxylic acids is 1. The molecule has 2 aliphatic rings. The Morgan fingerprint density at radius 3 is 2.56 bits per heavy atom. The average Bonchev–Trinajstić information content (AvgIpc) is 2.86. The number of piperidine rings is 1. The van der Waals surface area contributed by atoms with E-state index < -0.39 is 0 Å². The van der Waals surface area contributed by atoms with Gasteiger partial charge in [0.05, 0.1) is 0 Å². The summed E-state index contributed by atoms with van der Waals surface area (Å²) in [6.45, 7) is 4.07. The van der Waals surface area contributed by atoms with Crippen molar-refractivity contribution >= 4 is 34.8 Å². The molecule has 25 heavy (non-hydrogen) atoms. The highest BCUT2D eigenvalue weighted by Crippen LogP contribution is 2.45. The minimum absolute atomic E-state index is 0.0217. The largest absolute Gasteiger partial charge is 0.306 e.